The van der Waals surface area contributed by atoms with Gasteiger partial charge in [0.25, 0.3) is 5.91 Å². The molecule has 0 saturated carbocycles. The van der Waals surface area contributed by atoms with Gasteiger partial charge in [-0.2, -0.15) is 0 Å². The van der Waals surface area contributed by atoms with Crippen LogP contribution in [0.4, 0.5) is 0 Å². The Morgan fingerprint density at radius 1 is 1.59 bits per heavy atom. The SMILES string of the molecule is CCn1cc(Cl)cc1C(=O)N(C)CC(C)(C)O. The van der Waals surface area contributed by atoms with Crippen LogP contribution in [0.15, 0.2) is 12.3 Å². The van der Waals surface area contributed by atoms with Crippen LogP contribution >= 0.6 is 11.6 Å². The summed E-state index contributed by atoms with van der Waals surface area (Å²) in [5, 5.41) is 10.2. The Kier molecular flexibility index (Phi) is 4.22. The number of aromatic nitrogens is 1. The van der Waals surface area contributed by atoms with Crippen molar-refractivity contribution in [3.05, 3.63) is 23.0 Å². The van der Waals surface area contributed by atoms with Crippen molar-refractivity contribution in [1.29, 1.82) is 0 Å². The molecular formula is C12H19ClN2O2. The highest BCUT2D eigenvalue weighted by Crippen LogP contribution is 2.16. The predicted octanol–water partition coefficient (Wildman–Crippen LogP) is 2.00. The van der Waals surface area contributed by atoms with E-state index < -0.39 is 5.60 Å². The van der Waals surface area contributed by atoms with Crippen molar-refractivity contribution in [2.45, 2.75) is 32.9 Å². The van der Waals surface area contributed by atoms with Crippen LogP contribution in [0, 0.1) is 0 Å². The monoisotopic (exact) mass is 258 g/mol. The van der Waals surface area contributed by atoms with E-state index in [1.165, 1.54) is 4.90 Å². The first-order valence-corrected chi connectivity index (χ1v) is 5.96. The number of carbonyl (C=O) groups is 1. The molecule has 1 rings (SSSR count). The fourth-order valence-electron chi connectivity index (χ4n) is 1.76. The lowest BCUT2D eigenvalue weighted by molar-refractivity contribution is 0.0362. The summed E-state index contributed by atoms with van der Waals surface area (Å²) in [4.78, 5) is 13.6. The zero-order chi connectivity index (χ0) is 13.2. The molecule has 1 heterocycles. The first kappa shape index (κ1) is 14.1. The maximum atomic E-state index is 12.2. The van der Waals surface area contributed by atoms with Gasteiger partial charge in [-0.15, -0.1) is 0 Å². The van der Waals surface area contributed by atoms with E-state index in [1.54, 1.807) is 37.7 Å². The Balaban J connectivity index is 2.88. The number of aliphatic hydroxyl groups is 1. The number of carbonyl (C=O) groups excluding carboxylic acids is 1. The highest BCUT2D eigenvalue weighted by atomic mass is 35.5. The maximum Gasteiger partial charge on any atom is 0.270 e. The highest BCUT2D eigenvalue weighted by Gasteiger charge is 2.22. The minimum Gasteiger partial charge on any atom is -0.389 e. The Labute approximate surface area is 107 Å². The van der Waals surface area contributed by atoms with Gasteiger partial charge in [-0.3, -0.25) is 4.79 Å². The van der Waals surface area contributed by atoms with Gasteiger partial charge >= 0.3 is 0 Å². The molecule has 1 amide bonds. The minimum absolute atomic E-state index is 0.138. The molecule has 1 aromatic rings. The number of amides is 1. The Morgan fingerprint density at radius 3 is 2.65 bits per heavy atom. The Bertz CT molecular complexity index is 407. The molecule has 0 radical (unpaired) electrons. The lowest BCUT2D eigenvalue weighted by Crippen LogP contribution is -2.40. The quantitative estimate of drug-likeness (QED) is 0.898. The largest absolute Gasteiger partial charge is 0.389 e. The molecule has 0 aliphatic carbocycles. The fraction of sp³-hybridized carbons (Fsp3) is 0.583. The second kappa shape index (κ2) is 5.10. The third-order valence-electron chi connectivity index (χ3n) is 2.39. The van der Waals surface area contributed by atoms with Crippen molar-refractivity contribution in [3.8, 4) is 0 Å². The summed E-state index contributed by atoms with van der Waals surface area (Å²) in [5.74, 6) is -0.138. The second-order valence-corrected chi connectivity index (χ2v) is 5.24. The van der Waals surface area contributed by atoms with Gasteiger partial charge in [-0.05, 0) is 26.8 Å². The molecule has 1 aromatic heterocycles. The number of hydrogen-bond donors (Lipinski definition) is 1. The average molecular weight is 259 g/mol. The summed E-state index contributed by atoms with van der Waals surface area (Å²) in [6.45, 7) is 6.25. The summed E-state index contributed by atoms with van der Waals surface area (Å²) in [7, 11) is 1.67. The molecule has 0 aromatic carbocycles. The molecule has 5 heteroatoms. The van der Waals surface area contributed by atoms with Crippen LogP contribution in [0.3, 0.4) is 0 Å². The number of halogens is 1. The summed E-state index contributed by atoms with van der Waals surface area (Å²) < 4.78 is 1.80. The summed E-state index contributed by atoms with van der Waals surface area (Å²) in [6.07, 6.45) is 1.73. The molecule has 4 nitrogen and oxygen atoms in total. The molecule has 96 valence electrons. The molecule has 0 aliphatic rings. The van der Waals surface area contributed by atoms with Crippen LogP contribution in [-0.2, 0) is 6.54 Å². The number of nitrogens with zero attached hydrogens (tertiary/aromatic N) is 2. The van der Waals surface area contributed by atoms with E-state index in [-0.39, 0.29) is 12.5 Å². The highest BCUT2D eigenvalue weighted by molar-refractivity contribution is 6.31. The van der Waals surface area contributed by atoms with Gasteiger partial charge in [0.05, 0.1) is 10.6 Å². The summed E-state index contributed by atoms with van der Waals surface area (Å²) in [6, 6.07) is 1.65. The van der Waals surface area contributed by atoms with E-state index in [0.29, 0.717) is 17.3 Å². The molecule has 17 heavy (non-hydrogen) atoms. The van der Waals surface area contributed by atoms with Crippen LogP contribution in [-0.4, -0.2) is 39.7 Å². The van der Waals surface area contributed by atoms with Gasteiger partial charge in [0.15, 0.2) is 0 Å². The average Bonchev–Trinajstić information content (AvgIpc) is 2.55. The Hall–Kier alpha value is -1.00. The number of aryl methyl sites for hydroxylation is 1. The zero-order valence-electron chi connectivity index (χ0n) is 10.7. The summed E-state index contributed by atoms with van der Waals surface area (Å²) in [5.41, 5.74) is -0.359. The third kappa shape index (κ3) is 3.75. The van der Waals surface area contributed by atoms with Gasteiger partial charge in [0.1, 0.15) is 5.69 Å². The second-order valence-electron chi connectivity index (χ2n) is 4.80. The normalized spacial score (nSPS) is 11.6. The zero-order valence-corrected chi connectivity index (χ0v) is 11.5. The van der Waals surface area contributed by atoms with Gasteiger partial charge in [-0.1, -0.05) is 11.6 Å². The molecular weight excluding hydrogens is 240 g/mol. The topological polar surface area (TPSA) is 45.5 Å². The standard InChI is InChI=1S/C12H19ClN2O2/c1-5-15-7-9(13)6-10(15)11(16)14(4)8-12(2,3)17/h6-7,17H,5,8H2,1-4H3. The number of likely N-dealkylation sites (N-methyl/N-ethyl adjacent to an activating group) is 1. The minimum atomic E-state index is -0.905. The van der Waals surface area contributed by atoms with Gasteiger partial charge in [-0.25, -0.2) is 0 Å². The molecule has 0 atom stereocenters. The van der Waals surface area contributed by atoms with Gasteiger partial charge < -0.3 is 14.6 Å². The van der Waals surface area contributed by atoms with Crippen LogP contribution in [0.2, 0.25) is 5.02 Å². The fourth-order valence-corrected chi connectivity index (χ4v) is 1.98. The van der Waals surface area contributed by atoms with Crippen LogP contribution in [0.5, 0.6) is 0 Å². The molecule has 1 N–H and O–H groups in total. The van der Waals surface area contributed by atoms with Crippen molar-refractivity contribution in [1.82, 2.24) is 9.47 Å². The van der Waals surface area contributed by atoms with Crippen LogP contribution in [0.25, 0.3) is 0 Å². The molecule has 0 bridgehead atoms. The van der Waals surface area contributed by atoms with E-state index in [0.717, 1.165) is 0 Å². The lowest BCUT2D eigenvalue weighted by Gasteiger charge is -2.25. The van der Waals surface area contributed by atoms with Crippen LogP contribution < -0.4 is 0 Å². The molecule has 0 aliphatic heterocycles. The van der Waals surface area contributed by atoms with E-state index in [9.17, 15) is 9.90 Å². The van der Waals surface area contributed by atoms with E-state index in [2.05, 4.69) is 0 Å². The number of rotatable bonds is 4. The lowest BCUT2D eigenvalue weighted by atomic mass is 10.1. The van der Waals surface area contributed by atoms with E-state index in [4.69, 9.17) is 11.6 Å². The van der Waals surface area contributed by atoms with E-state index in [1.807, 2.05) is 6.92 Å². The smallest absolute Gasteiger partial charge is 0.270 e. The van der Waals surface area contributed by atoms with E-state index >= 15 is 0 Å². The molecule has 0 fully saturated rings. The van der Waals surface area contributed by atoms with Gasteiger partial charge in [0, 0.05) is 26.3 Å². The third-order valence-corrected chi connectivity index (χ3v) is 2.60. The van der Waals surface area contributed by atoms with Crippen molar-refractivity contribution in [2.75, 3.05) is 13.6 Å². The first-order valence-electron chi connectivity index (χ1n) is 5.58. The first-order chi connectivity index (χ1) is 7.74. The molecule has 0 unspecified atom stereocenters. The maximum absolute atomic E-state index is 12.2. The van der Waals surface area contributed by atoms with Crippen molar-refractivity contribution < 1.29 is 9.90 Å². The van der Waals surface area contributed by atoms with Crippen molar-refractivity contribution in [3.63, 3.8) is 0 Å². The molecule has 0 saturated heterocycles. The summed E-state index contributed by atoms with van der Waals surface area (Å²) >= 11 is 5.89. The van der Waals surface area contributed by atoms with Crippen molar-refractivity contribution >= 4 is 17.5 Å². The van der Waals surface area contributed by atoms with Crippen molar-refractivity contribution in [2.24, 2.45) is 0 Å². The molecule has 0 spiro atoms. The Morgan fingerprint density at radius 2 is 2.18 bits per heavy atom. The van der Waals surface area contributed by atoms with Gasteiger partial charge in [0.2, 0.25) is 0 Å². The van der Waals surface area contributed by atoms with Crippen LogP contribution in [0.1, 0.15) is 31.3 Å². The number of hydrogen-bond acceptors (Lipinski definition) is 2. The predicted molar refractivity (Wildman–Crippen MR) is 68.4 cm³/mol.